The SMILES string of the molecule is CC(=CCCCl)CC1CC1. The molecule has 0 saturated heterocycles. The zero-order chi connectivity index (χ0) is 7.40. The van der Waals surface area contributed by atoms with Gasteiger partial charge in [0.2, 0.25) is 0 Å². The molecule has 0 N–H and O–H groups in total. The number of hydrogen-bond acceptors (Lipinski definition) is 0. The number of rotatable bonds is 4. The molecule has 0 radical (unpaired) electrons. The fraction of sp³-hybridized carbons (Fsp3) is 0.778. The third-order valence-corrected chi connectivity index (χ3v) is 2.13. The van der Waals surface area contributed by atoms with E-state index in [9.17, 15) is 0 Å². The first kappa shape index (κ1) is 8.13. The molecule has 0 atom stereocenters. The lowest BCUT2D eigenvalue weighted by atomic mass is 10.1. The fourth-order valence-corrected chi connectivity index (χ4v) is 1.27. The Balaban J connectivity index is 2.11. The summed E-state index contributed by atoms with van der Waals surface area (Å²) in [6, 6.07) is 0. The Hall–Kier alpha value is 0.0300. The lowest BCUT2D eigenvalue weighted by molar-refractivity contribution is 0.815. The summed E-state index contributed by atoms with van der Waals surface area (Å²) in [6.07, 6.45) is 7.53. The van der Waals surface area contributed by atoms with Crippen LogP contribution in [0.15, 0.2) is 11.6 Å². The van der Waals surface area contributed by atoms with Gasteiger partial charge in [-0.2, -0.15) is 0 Å². The van der Waals surface area contributed by atoms with E-state index in [0.29, 0.717) is 0 Å². The van der Waals surface area contributed by atoms with Crippen LogP contribution in [-0.4, -0.2) is 5.88 Å². The molecule has 0 heterocycles. The van der Waals surface area contributed by atoms with Gasteiger partial charge in [-0.15, -0.1) is 11.6 Å². The van der Waals surface area contributed by atoms with E-state index in [1.165, 1.54) is 24.8 Å². The third kappa shape index (κ3) is 3.26. The molecule has 1 rings (SSSR count). The predicted molar refractivity (Wildman–Crippen MR) is 46.4 cm³/mol. The third-order valence-electron chi connectivity index (χ3n) is 1.91. The monoisotopic (exact) mass is 158 g/mol. The Morgan fingerprint density at radius 2 is 2.30 bits per heavy atom. The average Bonchev–Trinajstić information content (AvgIpc) is 2.67. The second kappa shape index (κ2) is 4.02. The lowest BCUT2D eigenvalue weighted by Crippen LogP contribution is -1.80. The highest BCUT2D eigenvalue weighted by Gasteiger charge is 2.20. The van der Waals surface area contributed by atoms with Crippen molar-refractivity contribution in [3.8, 4) is 0 Å². The summed E-state index contributed by atoms with van der Waals surface area (Å²) in [6.45, 7) is 2.21. The average molecular weight is 159 g/mol. The first-order chi connectivity index (χ1) is 4.83. The van der Waals surface area contributed by atoms with Gasteiger partial charge in [-0.25, -0.2) is 0 Å². The summed E-state index contributed by atoms with van der Waals surface area (Å²) in [5.74, 6) is 1.79. The van der Waals surface area contributed by atoms with Crippen molar-refractivity contribution < 1.29 is 0 Å². The molecule has 0 aliphatic heterocycles. The van der Waals surface area contributed by atoms with Gasteiger partial charge >= 0.3 is 0 Å². The molecule has 0 aromatic heterocycles. The number of hydrogen-bond donors (Lipinski definition) is 0. The van der Waals surface area contributed by atoms with Crippen molar-refractivity contribution in [2.75, 3.05) is 5.88 Å². The topological polar surface area (TPSA) is 0 Å². The molecule has 1 saturated carbocycles. The molecule has 1 aliphatic carbocycles. The molecule has 1 aliphatic rings. The van der Waals surface area contributed by atoms with Crippen LogP contribution >= 0.6 is 11.6 Å². The van der Waals surface area contributed by atoms with E-state index in [0.717, 1.165) is 18.2 Å². The summed E-state index contributed by atoms with van der Waals surface area (Å²) in [7, 11) is 0. The zero-order valence-electron chi connectivity index (χ0n) is 6.57. The number of halogens is 1. The molecule has 0 nitrogen and oxygen atoms in total. The van der Waals surface area contributed by atoms with Crippen molar-refractivity contribution in [2.24, 2.45) is 5.92 Å². The molecule has 0 aromatic carbocycles. The Bertz CT molecular complexity index is 123. The van der Waals surface area contributed by atoms with Crippen LogP contribution in [-0.2, 0) is 0 Å². The lowest BCUT2D eigenvalue weighted by Gasteiger charge is -1.96. The Kier molecular flexibility index (Phi) is 3.27. The van der Waals surface area contributed by atoms with E-state index in [-0.39, 0.29) is 0 Å². The largest absolute Gasteiger partial charge is 0.126 e. The van der Waals surface area contributed by atoms with Crippen LogP contribution in [0.4, 0.5) is 0 Å². The van der Waals surface area contributed by atoms with E-state index in [2.05, 4.69) is 13.0 Å². The summed E-state index contributed by atoms with van der Waals surface area (Å²) in [4.78, 5) is 0. The molecule has 58 valence electrons. The summed E-state index contributed by atoms with van der Waals surface area (Å²) < 4.78 is 0. The second-order valence-corrected chi connectivity index (χ2v) is 3.55. The van der Waals surface area contributed by atoms with E-state index < -0.39 is 0 Å². The van der Waals surface area contributed by atoms with Crippen LogP contribution < -0.4 is 0 Å². The van der Waals surface area contributed by atoms with Crippen molar-refractivity contribution in [3.05, 3.63) is 11.6 Å². The molecular formula is C9H15Cl. The molecule has 0 amide bonds. The van der Waals surface area contributed by atoms with E-state index in [1.807, 2.05) is 0 Å². The summed E-state index contributed by atoms with van der Waals surface area (Å²) in [5.41, 5.74) is 1.53. The van der Waals surface area contributed by atoms with Gasteiger partial charge in [-0.3, -0.25) is 0 Å². The van der Waals surface area contributed by atoms with Gasteiger partial charge in [0, 0.05) is 5.88 Å². The highest BCUT2D eigenvalue weighted by Crippen LogP contribution is 2.34. The normalized spacial score (nSPS) is 19.6. The van der Waals surface area contributed by atoms with Crippen molar-refractivity contribution in [1.82, 2.24) is 0 Å². The summed E-state index contributed by atoms with van der Waals surface area (Å²) in [5, 5.41) is 0. The maximum absolute atomic E-state index is 5.55. The standard InChI is InChI=1S/C9H15Cl/c1-8(3-2-6-10)7-9-4-5-9/h3,9H,2,4-7H2,1H3. The van der Waals surface area contributed by atoms with Crippen LogP contribution in [0.5, 0.6) is 0 Å². The van der Waals surface area contributed by atoms with Crippen LogP contribution in [0.25, 0.3) is 0 Å². The van der Waals surface area contributed by atoms with Gasteiger partial charge < -0.3 is 0 Å². The molecule has 0 aromatic rings. The van der Waals surface area contributed by atoms with Crippen LogP contribution in [0.1, 0.15) is 32.6 Å². The number of allylic oxidation sites excluding steroid dienone is 2. The first-order valence-corrected chi connectivity index (χ1v) is 4.58. The fourth-order valence-electron chi connectivity index (χ4n) is 1.16. The van der Waals surface area contributed by atoms with E-state index >= 15 is 0 Å². The highest BCUT2D eigenvalue weighted by atomic mass is 35.5. The minimum Gasteiger partial charge on any atom is -0.126 e. The van der Waals surface area contributed by atoms with Crippen LogP contribution in [0.3, 0.4) is 0 Å². The Labute approximate surface area is 68.3 Å². The van der Waals surface area contributed by atoms with Crippen molar-refractivity contribution in [1.29, 1.82) is 0 Å². The van der Waals surface area contributed by atoms with Gasteiger partial charge in [0.15, 0.2) is 0 Å². The molecule has 1 heteroatoms. The minimum atomic E-state index is 0.766. The molecule has 10 heavy (non-hydrogen) atoms. The maximum atomic E-state index is 5.55. The molecule has 0 spiro atoms. The van der Waals surface area contributed by atoms with Crippen molar-refractivity contribution in [3.63, 3.8) is 0 Å². The predicted octanol–water partition coefficient (Wildman–Crippen LogP) is 3.36. The van der Waals surface area contributed by atoms with E-state index in [4.69, 9.17) is 11.6 Å². The van der Waals surface area contributed by atoms with Crippen molar-refractivity contribution >= 4 is 11.6 Å². The van der Waals surface area contributed by atoms with Gasteiger partial charge in [-0.05, 0) is 38.5 Å². The van der Waals surface area contributed by atoms with Gasteiger partial charge in [0.1, 0.15) is 0 Å². The van der Waals surface area contributed by atoms with Gasteiger partial charge in [0.25, 0.3) is 0 Å². The first-order valence-electron chi connectivity index (χ1n) is 4.04. The van der Waals surface area contributed by atoms with Crippen LogP contribution in [0.2, 0.25) is 0 Å². The van der Waals surface area contributed by atoms with Crippen LogP contribution in [0, 0.1) is 5.92 Å². The Morgan fingerprint density at radius 1 is 1.60 bits per heavy atom. The van der Waals surface area contributed by atoms with Crippen molar-refractivity contribution in [2.45, 2.75) is 32.6 Å². The highest BCUT2D eigenvalue weighted by molar-refractivity contribution is 6.17. The molecule has 0 unspecified atom stereocenters. The van der Waals surface area contributed by atoms with Gasteiger partial charge in [0.05, 0.1) is 0 Å². The maximum Gasteiger partial charge on any atom is 0.0258 e. The zero-order valence-corrected chi connectivity index (χ0v) is 7.32. The molecule has 0 bridgehead atoms. The Morgan fingerprint density at radius 3 is 2.80 bits per heavy atom. The molecule has 1 fully saturated rings. The second-order valence-electron chi connectivity index (χ2n) is 3.18. The van der Waals surface area contributed by atoms with Gasteiger partial charge in [-0.1, -0.05) is 11.6 Å². The smallest absolute Gasteiger partial charge is 0.0258 e. The molecular weight excluding hydrogens is 144 g/mol. The quantitative estimate of drug-likeness (QED) is 0.435. The summed E-state index contributed by atoms with van der Waals surface area (Å²) >= 11 is 5.55. The van der Waals surface area contributed by atoms with E-state index in [1.54, 1.807) is 0 Å². The number of alkyl halides is 1. The minimum absolute atomic E-state index is 0.766.